The standard InChI is InChI=1S/C21H23N3O/c1-14(2)24(4)18-10-7-9-17(13-18)23-21(25)19-12-16-8-5-6-11-20(16)22-15(19)3/h5-14H,1-4H3,(H,23,25). The lowest BCUT2D eigenvalue weighted by molar-refractivity contribution is 0.102. The van der Waals surface area contributed by atoms with Crippen LogP contribution in [0.25, 0.3) is 10.9 Å². The predicted octanol–water partition coefficient (Wildman–Crippen LogP) is 4.64. The Morgan fingerprint density at radius 2 is 1.84 bits per heavy atom. The highest BCUT2D eigenvalue weighted by Crippen LogP contribution is 2.22. The van der Waals surface area contributed by atoms with Crippen LogP contribution in [0.3, 0.4) is 0 Å². The largest absolute Gasteiger partial charge is 0.372 e. The van der Waals surface area contributed by atoms with Gasteiger partial charge in [0, 0.05) is 29.9 Å². The number of hydrogen-bond donors (Lipinski definition) is 1. The van der Waals surface area contributed by atoms with E-state index in [4.69, 9.17) is 0 Å². The van der Waals surface area contributed by atoms with E-state index in [0.29, 0.717) is 11.6 Å². The van der Waals surface area contributed by atoms with E-state index in [1.807, 2.05) is 68.6 Å². The Balaban J connectivity index is 1.88. The number of pyridine rings is 1. The number of nitrogens with one attached hydrogen (secondary N) is 1. The summed E-state index contributed by atoms with van der Waals surface area (Å²) in [6, 6.07) is 18.0. The average Bonchev–Trinajstić information content (AvgIpc) is 2.60. The Kier molecular flexibility index (Phi) is 4.70. The number of rotatable bonds is 4. The Morgan fingerprint density at radius 1 is 1.08 bits per heavy atom. The van der Waals surface area contributed by atoms with Crippen molar-refractivity contribution >= 4 is 28.2 Å². The van der Waals surface area contributed by atoms with Gasteiger partial charge < -0.3 is 10.2 Å². The summed E-state index contributed by atoms with van der Waals surface area (Å²) < 4.78 is 0. The van der Waals surface area contributed by atoms with Crippen molar-refractivity contribution in [2.75, 3.05) is 17.3 Å². The molecule has 4 nitrogen and oxygen atoms in total. The zero-order chi connectivity index (χ0) is 18.0. The van der Waals surface area contributed by atoms with Gasteiger partial charge in [-0.05, 0) is 51.1 Å². The fourth-order valence-electron chi connectivity index (χ4n) is 2.74. The molecule has 1 aromatic heterocycles. The molecule has 4 heteroatoms. The highest BCUT2D eigenvalue weighted by Gasteiger charge is 2.13. The van der Waals surface area contributed by atoms with Gasteiger partial charge in [0.25, 0.3) is 5.91 Å². The van der Waals surface area contributed by atoms with Gasteiger partial charge in [0.1, 0.15) is 0 Å². The van der Waals surface area contributed by atoms with Gasteiger partial charge in [-0.15, -0.1) is 0 Å². The second-order valence-electron chi connectivity index (χ2n) is 6.52. The zero-order valence-electron chi connectivity index (χ0n) is 15.1. The van der Waals surface area contributed by atoms with E-state index < -0.39 is 0 Å². The summed E-state index contributed by atoms with van der Waals surface area (Å²) in [7, 11) is 2.04. The Bertz CT molecular complexity index is 918. The lowest BCUT2D eigenvalue weighted by Crippen LogP contribution is -2.25. The molecule has 1 heterocycles. The van der Waals surface area contributed by atoms with E-state index in [0.717, 1.165) is 28.0 Å². The summed E-state index contributed by atoms with van der Waals surface area (Å²) in [6.45, 7) is 6.13. The van der Waals surface area contributed by atoms with Gasteiger partial charge >= 0.3 is 0 Å². The number of carbonyl (C=O) groups is 1. The Labute approximate surface area is 148 Å². The van der Waals surface area contributed by atoms with Crippen molar-refractivity contribution in [3.05, 3.63) is 65.9 Å². The molecule has 0 unspecified atom stereocenters. The van der Waals surface area contributed by atoms with Crippen LogP contribution in [0.5, 0.6) is 0 Å². The molecule has 0 aliphatic heterocycles. The van der Waals surface area contributed by atoms with E-state index in [9.17, 15) is 4.79 Å². The minimum atomic E-state index is -0.139. The van der Waals surface area contributed by atoms with E-state index in [1.54, 1.807) is 0 Å². The second-order valence-corrected chi connectivity index (χ2v) is 6.52. The van der Waals surface area contributed by atoms with Gasteiger partial charge in [-0.1, -0.05) is 24.3 Å². The monoisotopic (exact) mass is 333 g/mol. The van der Waals surface area contributed by atoms with Gasteiger partial charge in [-0.25, -0.2) is 0 Å². The van der Waals surface area contributed by atoms with Crippen LogP contribution in [-0.2, 0) is 0 Å². The summed E-state index contributed by atoms with van der Waals surface area (Å²) >= 11 is 0. The molecule has 0 aliphatic carbocycles. The summed E-state index contributed by atoms with van der Waals surface area (Å²) in [6.07, 6.45) is 0. The summed E-state index contributed by atoms with van der Waals surface area (Å²) in [5, 5.41) is 3.96. The van der Waals surface area contributed by atoms with Crippen LogP contribution in [0, 0.1) is 6.92 Å². The van der Waals surface area contributed by atoms with Crippen LogP contribution in [0.4, 0.5) is 11.4 Å². The van der Waals surface area contributed by atoms with Crippen LogP contribution in [0.15, 0.2) is 54.6 Å². The van der Waals surface area contributed by atoms with E-state index in [-0.39, 0.29) is 5.91 Å². The quantitative estimate of drug-likeness (QED) is 0.756. The van der Waals surface area contributed by atoms with Crippen LogP contribution < -0.4 is 10.2 Å². The lowest BCUT2D eigenvalue weighted by atomic mass is 10.1. The van der Waals surface area contributed by atoms with Crippen LogP contribution in [0.1, 0.15) is 29.9 Å². The van der Waals surface area contributed by atoms with E-state index in [1.165, 1.54) is 0 Å². The molecule has 1 amide bonds. The van der Waals surface area contributed by atoms with Gasteiger partial charge in [0.2, 0.25) is 0 Å². The third kappa shape index (κ3) is 3.63. The number of carbonyl (C=O) groups excluding carboxylic acids is 1. The minimum Gasteiger partial charge on any atom is -0.372 e. The average molecular weight is 333 g/mol. The number of para-hydroxylation sites is 1. The van der Waals surface area contributed by atoms with Gasteiger partial charge in [-0.3, -0.25) is 9.78 Å². The highest BCUT2D eigenvalue weighted by molar-refractivity contribution is 6.07. The maximum atomic E-state index is 12.7. The first-order valence-corrected chi connectivity index (χ1v) is 8.46. The molecule has 25 heavy (non-hydrogen) atoms. The topological polar surface area (TPSA) is 45.2 Å². The smallest absolute Gasteiger partial charge is 0.257 e. The fourth-order valence-corrected chi connectivity index (χ4v) is 2.74. The highest BCUT2D eigenvalue weighted by atomic mass is 16.1. The summed E-state index contributed by atoms with van der Waals surface area (Å²) in [5.41, 5.74) is 4.08. The predicted molar refractivity (Wildman–Crippen MR) is 104 cm³/mol. The van der Waals surface area contributed by atoms with Crippen LogP contribution in [0.2, 0.25) is 0 Å². The number of fused-ring (bicyclic) bond motifs is 1. The second kappa shape index (κ2) is 6.93. The first kappa shape index (κ1) is 17.0. The summed E-state index contributed by atoms with van der Waals surface area (Å²) in [5.74, 6) is -0.139. The molecule has 0 bridgehead atoms. The van der Waals surface area contributed by atoms with Crippen molar-refractivity contribution in [1.82, 2.24) is 4.98 Å². The zero-order valence-corrected chi connectivity index (χ0v) is 15.1. The molecule has 3 aromatic rings. The van der Waals surface area contributed by atoms with Crippen molar-refractivity contribution in [3.8, 4) is 0 Å². The molecular formula is C21H23N3O. The molecule has 0 radical (unpaired) electrons. The molecule has 0 spiro atoms. The molecule has 0 aliphatic rings. The normalized spacial score (nSPS) is 10.9. The van der Waals surface area contributed by atoms with Crippen molar-refractivity contribution in [1.29, 1.82) is 0 Å². The summed E-state index contributed by atoms with van der Waals surface area (Å²) in [4.78, 5) is 19.4. The number of nitrogens with zero attached hydrogens (tertiary/aromatic N) is 2. The molecule has 0 fully saturated rings. The van der Waals surface area contributed by atoms with Gasteiger partial charge in [0.05, 0.1) is 16.8 Å². The first-order valence-electron chi connectivity index (χ1n) is 8.46. The van der Waals surface area contributed by atoms with Gasteiger partial charge in [-0.2, -0.15) is 0 Å². The molecule has 2 aromatic carbocycles. The maximum Gasteiger partial charge on any atom is 0.257 e. The molecular weight excluding hydrogens is 310 g/mol. The maximum absolute atomic E-state index is 12.7. The Hall–Kier alpha value is -2.88. The van der Waals surface area contributed by atoms with Crippen LogP contribution in [-0.4, -0.2) is 24.0 Å². The van der Waals surface area contributed by atoms with E-state index >= 15 is 0 Å². The molecule has 0 saturated heterocycles. The van der Waals surface area contributed by atoms with Crippen molar-refractivity contribution in [2.45, 2.75) is 26.8 Å². The molecule has 128 valence electrons. The third-order valence-electron chi connectivity index (χ3n) is 4.45. The number of anilines is 2. The number of aromatic nitrogens is 1. The van der Waals surface area contributed by atoms with Gasteiger partial charge in [0.15, 0.2) is 0 Å². The van der Waals surface area contributed by atoms with E-state index in [2.05, 4.69) is 29.0 Å². The van der Waals surface area contributed by atoms with Crippen molar-refractivity contribution in [3.63, 3.8) is 0 Å². The SMILES string of the molecule is Cc1nc2ccccc2cc1C(=O)Nc1cccc(N(C)C(C)C)c1. The van der Waals surface area contributed by atoms with Crippen molar-refractivity contribution < 1.29 is 4.79 Å². The Morgan fingerprint density at radius 3 is 2.60 bits per heavy atom. The first-order chi connectivity index (χ1) is 12.0. The number of aryl methyl sites for hydroxylation is 1. The molecule has 1 N–H and O–H groups in total. The van der Waals surface area contributed by atoms with Crippen LogP contribution >= 0.6 is 0 Å². The van der Waals surface area contributed by atoms with Crippen molar-refractivity contribution in [2.24, 2.45) is 0 Å². The third-order valence-corrected chi connectivity index (χ3v) is 4.45. The molecule has 3 rings (SSSR count). The number of benzene rings is 2. The molecule has 0 saturated carbocycles. The minimum absolute atomic E-state index is 0.139. The number of amides is 1. The molecule has 0 atom stereocenters. The number of hydrogen-bond acceptors (Lipinski definition) is 3. The lowest BCUT2D eigenvalue weighted by Gasteiger charge is -2.24. The fraction of sp³-hybridized carbons (Fsp3) is 0.238.